The molecule has 122 valence electrons. The number of carbonyl (C=O) groups excluding carboxylic acids is 2. The number of nitrogens with zero attached hydrogens (tertiary/aromatic N) is 2. The first-order valence-electron chi connectivity index (χ1n) is 7.79. The third-order valence-corrected chi connectivity index (χ3v) is 3.54. The van der Waals surface area contributed by atoms with Crippen molar-refractivity contribution in [3.8, 4) is 0 Å². The molecule has 1 amide bonds. The van der Waals surface area contributed by atoms with Gasteiger partial charge in [0.25, 0.3) is 0 Å². The summed E-state index contributed by atoms with van der Waals surface area (Å²) >= 11 is 0. The Balaban J connectivity index is 2.45. The van der Waals surface area contributed by atoms with E-state index in [1.54, 1.807) is 0 Å². The van der Waals surface area contributed by atoms with Crippen LogP contribution < -0.4 is 0 Å². The molecule has 6 heteroatoms. The molecule has 0 aromatic carbocycles. The molecule has 1 aliphatic rings. The van der Waals surface area contributed by atoms with E-state index < -0.39 is 0 Å². The zero-order valence-corrected chi connectivity index (χ0v) is 13.5. The van der Waals surface area contributed by atoms with Crippen molar-refractivity contribution in [1.29, 1.82) is 0 Å². The Kier molecular flexibility index (Phi) is 8.30. The third kappa shape index (κ3) is 6.44. The number of carbonyl (C=O) groups is 2. The number of hydrogen-bond acceptors (Lipinski definition) is 5. The van der Waals surface area contributed by atoms with E-state index in [1.165, 1.54) is 7.11 Å². The molecule has 0 radical (unpaired) electrons. The second-order valence-corrected chi connectivity index (χ2v) is 5.39. The highest BCUT2D eigenvalue weighted by atomic mass is 16.5. The highest BCUT2D eigenvalue weighted by Crippen LogP contribution is 2.10. The van der Waals surface area contributed by atoms with Gasteiger partial charge >= 0.3 is 5.97 Å². The lowest BCUT2D eigenvalue weighted by Crippen LogP contribution is -2.48. The zero-order chi connectivity index (χ0) is 15.7. The van der Waals surface area contributed by atoms with Crippen LogP contribution in [0, 0.1) is 0 Å². The number of hydrogen-bond donors (Lipinski definition) is 0. The molecule has 1 atom stereocenters. The maximum atomic E-state index is 12.3. The Morgan fingerprint density at radius 2 is 1.95 bits per heavy atom. The van der Waals surface area contributed by atoms with Gasteiger partial charge in [0.15, 0.2) is 0 Å². The van der Waals surface area contributed by atoms with Gasteiger partial charge in [0.05, 0.1) is 32.8 Å². The van der Waals surface area contributed by atoms with Crippen LogP contribution in [-0.2, 0) is 19.1 Å². The zero-order valence-electron chi connectivity index (χ0n) is 13.5. The van der Waals surface area contributed by atoms with E-state index in [0.29, 0.717) is 19.7 Å². The Bertz CT molecular complexity index is 330. The number of morpholine rings is 1. The molecule has 0 aliphatic carbocycles. The van der Waals surface area contributed by atoms with Crippen molar-refractivity contribution in [2.75, 3.05) is 46.4 Å². The lowest BCUT2D eigenvalue weighted by atomic mass is 10.2. The molecule has 0 spiro atoms. The number of esters is 1. The lowest BCUT2D eigenvalue weighted by molar-refractivity contribution is -0.146. The molecule has 0 aromatic heterocycles. The van der Waals surface area contributed by atoms with Gasteiger partial charge in [0.1, 0.15) is 0 Å². The predicted octanol–water partition coefficient (Wildman–Crippen LogP) is 0.899. The van der Waals surface area contributed by atoms with Crippen LogP contribution >= 0.6 is 0 Å². The van der Waals surface area contributed by atoms with Crippen LogP contribution in [0.15, 0.2) is 0 Å². The Morgan fingerprint density at radius 3 is 2.52 bits per heavy atom. The van der Waals surface area contributed by atoms with Gasteiger partial charge in [-0.05, 0) is 12.8 Å². The van der Waals surface area contributed by atoms with Gasteiger partial charge in [0, 0.05) is 26.2 Å². The number of methoxy groups -OCH3 is 1. The van der Waals surface area contributed by atoms with Crippen molar-refractivity contribution < 1.29 is 19.1 Å². The van der Waals surface area contributed by atoms with Gasteiger partial charge in [0.2, 0.25) is 5.91 Å². The molecule has 1 saturated heterocycles. The normalized spacial score (nSPS) is 19.3. The fourth-order valence-electron chi connectivity index (χ4n) is 2.51. The minimum absolute atomic E-state index is 0.164. The summed E-state index contributed by atoms with van der Waals surface area (Å²) in [5.41, 5.74) is 0. The molecule has 1 unspecified atom stereocenters. The van der Waals surface area contributed by atoms with Crippen LogP contribution in [0.4, 0.5) is 0 Å². The van der Waals surface area contributed by atoms with E-state index >= 15 is 0 Å². The van der Waals surface area contributed by atoms with Crippen molar-refractivity contribution in [2.24, 2.45) is 0 Å². The summed E-state index contributed by atoms with van der Waals surface area (Å²) in [5, 5.41) is 0. The van der Waals surface area contributed by atoms with Crippen LogP contribution in [0.3, 0.4) is 0 Å². The topological polar surface area (TPSA) is 59.1 Å². The van der Waals surface area contributed by atoms with Crippen LogP contribution in [0.2, 0.25) is 0 Å². The first-order valence-corrected chi connectivity index (χ1v) is 7.79. The summed E-state index contributed by atoms with van der Waals surface area (Å²) < 4.78 is 10.2. The number of rotatable bonds is 8. The first kappa shape index (κ1) is 17.9. The van der Waals surface area contributed by atoms with Gasteiger partial charge < -0.3 is 14.4 Å². The standard InChI is InChI=1S/C15H28N2O4/c1-4-6-17(7-5-2)14(18)12-16-8-9-21-13(11-16)10-15(19)20-3/h13H,4-12H2,1-3H3. The molecule has 0 bridgehead atoms. The Hall–Kier alpha value is -1.14. The summed E-state index contributed by atoms with van der Waals surface area (Å²) in [7, 11) is 1.37. The van der Waals surface area contributed by atoms with E-state index in [1.807, 2.05) is 4.90 Å². The van der Waals surface area contributed by atoms with Crippen LogP contribution in [-0.4, -0.2) is 74.2 Å². The molecule has 1 fully saturated rings. The van der Waals surface area contributed by atoms with Crippen LogP contribution in [0.5, 0.6) is 0 Å². The van der Waals surface area contributed by atoms with E-state index in [4.69, 9.17) is 4.74 Å². The molecule has 0 N–H and O–H groups in total. The van der Waals surface area contributed by atoms with Crippen molar-refractivity contribution in [1.82, 2.24) is 9.80 Å². The van der Waals surface area contributed by atoms with Crippen molar-refractivity contribution in [3.05, 3.63) is 0 Å². The molecule has 21 heavy (non-hydrogen) atoms. The van der Waals surface area contributed by atoms with Crippen LogP contribution in [0.25, 0.3) is 0 Å². The monoisotopic (exact) mass is 300 g/mol. The molecule has 0 saturated carbocycles. The Morgan fingerprint density at radius 1 is 1.29 bits per heavy atom. The summed E-state index contributed by atoms with van der Waals surface area (Å²) in [6.07, 6.45) is 2.01. The van der Waals surface area contributed by atoms with Crippen molar-refractivity contribution in [3.63, 3.8) is 0 Å². The van der Waals surface area contributed by atoms with Gasteiger partial charge in [-0.15, -0.1) is 0 Å². The van der Waals surface area contributed by atoms with Crippen LogP contribution in [0.1, 0.15) is 33.1 Å². The van der Waals surface area contributed by atoms with Gasteiger partial charge in [-0.1, -0.05) is 13.8 Å². The van der Waals surface area contributed by atoms with Gasteiger partial charge in [-0.3, -0.25) is 14.5 Å². The second kappa shape index (κ2) is 9.73. The quantitative estimate of drug-likeness (QED) is 0.623. The SMILES string of the molecule is CCCN(CCC)C(=O)CN1CCOC(CC(=O)OC)C1. The second-order valence-electron chi connectivity index (χ2n) is 5.39. The average Bonchev–Trinajstić information content (AvgIpc) is 2.47. The Labute approximate surface area is 127 Å². The van der Waals surface area contributed by atoms with E-state index in [9.17, 15) is 9.59 Å². The van der Waals surface area contributed by atoms with Gasteiger partial charge in [-0.2, -0.15) is 0 Å². The molecular weight excluding hydrogens is 272 g/mol. The lowest BCUT2D eigenvalue weighted by Gasteiger charge is -2.33. The molecular formula is C15H28N2O4. The van der Waals surface area contributed by atoms with Crippen molar-refractivity contribution >= 4 is 11.9 Å². The minimum atomic E-state index is -0.272. The summed E-state index contributed by atoms with van der Waals surface area (Å²) in [4.78, 5) is 27.6. The summed E-state index contributed by atoms with van der Waals surface area (Å²) in [6.45, 7) is 8.07. The molecule has 1 aliphatic heterocycles. The molecule has 1 heterocycles. The summed E-state index contributed by atoms with van der Waals surface area (Å²) in [5.74, 6) is -0.107. The smallest absolute Gasteiger partial charge is 0.308 e. The predicted molar refractivity (Wildman–Crippen MR) is 80.0 cm³/mol. The van der Waals surface area contributed by atoms with E-state index in [-0.39, 0.29) is 24.4 Å². The fraction of sp³-hybridized carbons (Fsp3) is 0.867. The molecule has 6 nitrogen and oxygen atoms in total. The van der Waals surface area contributed by atoms with Gasteiger partial charge in [-0.25, -0.2) is 0 Å². The summed E-state index contributed by atoms with van der Waals surface area (Å²) in [6, 6.07) is 0. The van der Waals surface area contributed by atoms with E-state index in [0.717, 1.165) is 32.5 Å². The molecule has 0 aromatic rings. The average molecular weight is 300 g/mol. The molecule has 1 rings (SSSR count). The fourth-order valence-corrected chi connectivity index (χ4v) is 2.51. The highest BCUT2D eigenvalue weighted by Gasteiger charge is 2.25. The highest BCUT2D eigenvalue weighted by molar-refractivity contribution is 5.78. The number of ether oxygens (including phenoxy) is 2. The largest absolute Gasteiger partial charge is 0.469 e. The third-order valence-electron chi connectivity index (χ3n) is 3.54. The minimum Gasteiger partial charge on any atom is -0.469 e. The number of amides is 1. The first-order chi connectivity index (χ1) is 10.1. The maximum absolute atomic E-state index is 12.3. The van der Waals surface area contributed by atoms with E-state index in [2.05, 4.69) is 23.5 Å². The maximum Gasteiger partial charge on any atom is 0.308 e. The van der Waals surface area contributed by atoms with Crippen molar-refractivity contribution in [2.45, 2.75) is 39.2 Å².